The van der Waals surface area contributed by atoms with E-state index in [1.807, 2.05) is 37.3 Å². The molecule has 0 saturated heterocycles. The van der Waals surface area contributed by atoms with E-state index in [-0.39, 0.29) is 11.2 Å². The number of carbonyl (C=O) groups excluding carboxylic acids is 1. The molecule has 0 radical (unpaired) electrons. The van der Waals surface area contributed by atoms with Gasteiger partial charge < -0.3 is 0 Å². The average Bonchev–Trinajstić information content (AvgIpc) is 2.47. The summed E-state index contributed by atoms with van der Waals surface area (Å²) >= 11 is 1.56. The van der Waals surface area contributed by atoms with Gasteiger partial charge in [-0.25, -0.2) is 5.43 Å². The number of rotatable bonds is 4. The predicted octanol–water partition coefficient (Wildman–Crippen LogP) is 3.60. The Morgan fingerprint density at radius 1 is 1.21 bits per heavy atom. The third kappa shape index (κ3) is 4.71. The highest BCUT2D eigenvalue weighted by molar-refractivity contribution is 8.00. The lowest BCUT2D eigenvalue weighted by atomic mass is 9.99. The summed E-state index contributed by atoms with van der Waals surface area (Å²) in [6.45, 7) is 1.91. The molecule has 0 bridgehead atoms. The van der Waals surface area contributed by atoms with Gasteiger partial charge in [-0.05, 0) is 44.7 Å². The van der Waals surface area contributed by atoms with Crippen molar-refractivity contribution in [3.63, 3.8) is 0 Å². The normalized spacial score (nSPS) is 16.8. The molecule has 1 aromatic carbocycles. The molecule has 1 aromatic rings. The number of carbonyl (C=O) groups is 1. The fourth-order valence-electron chi connectivity index (χ4n) is 2.05. The number of hydrogen-bond donors (Lipinski definition) is 1. The van der Waals surface area contributed by atoms with Crippen LogP contribution in [0.3, 0.4) is 0 Å². The Labute approximate surface area is 118 Å². The predicted molar refractivity (Wildman–Crippen MR) is 80.4 cm³/mol. The zero-order chi connectivity index (χ0) is 13.5. The third-order valence-corrected chi connectivity index (χ3v) is 4.29. The lowest BCUT2D eigenvalue weighted by Crippen LogP contribution is -2.28. The van der Waals surface area contributed by atoms with Crippen molar-refractivity contribution in [3.8, 4) is 0 Å². The fourth-order valence-corrected chi connectivity index (χ4v) is 2.94. The smallest absolute Gasteiger partial charge is 0.253 e. The second-order valence-corrected chi connectivity index (χ2v) is 6.20. The van der Waals surface area contributed by atoms with Crippen LogP contribution in [0.15, 0.2) is 40.3 Å². The first-order valence-corrected chi connectivity index (χ1v) is 7.70. The molecule has 2 rings (SSSR count). The Bertz CT molecular complexity index is 437. The summed E-state index contributed by atoms with van der Waals surface area (Å²) in [4.78, 5) is 13.1. The molecule has 1 saturated carbocycles. The van der Waals surface area contributed by atoms with Crippen molar-refractivity contribution in [1.82, 2.24) is 5.43 Å². The van der Waals surface area contributed by atoms with Crippen LogP contribution < -0.4 is 5.43 Å². The summed E-state index contributed by atoms with van der Waals surface area (Å²) < 4.78 is 0. The Morgan fingerprint density at radius 2 is 1.89 bits per heavy atom. The molecule has 1 atom stereocenters. The minimum Gasteiger partial charge on any atom is -0.272 e. The summed E-state index contributed by atoms with van der Waals surface area (Å²) in [5, 5.41) is 4.12. The number of amides is 1. The van der Waals surface area contributed by atoms with Gasteiger partial charge in [-0.1, -0.05) is 24.6 Å². The van der Waals surface area contributed by atoms with Crippen LogP contribution in [0.25, 0.3) is 0 Å². The van der Waals surface area contributed by atoms with Crippen LogP contribution in [-0.4, -0.2) is 16.9 Å². The first-order chi connectivity index (χ1) is 9.25. The van der Waals surface area contributed by atoms with Gasteiger partial charge in [0.1, 0.15) is 0 Å². The quantitative estimate of drug-likeness (QED) is 0.674. The Morgan fingerprint density at radius 3 is 2.58 bits per heavy atom. The average molecular weight is 276 g/mol. The first-order valence-electron chi connectivity index (χ1n) is 6.82. The van der Waals surface area contributed by atoms with E-state index < -0.39 is 0 Å². The highest BCUT2D eigenvalue weighted by Gasteiger charge is 2.14. The van der Waals surface area contributed by atoms with Crippen LogP contribution in [0.4, 0.5) is 0 Å². The largest absolute Gasteiger partial charge is 0.272 e. The van der Waals surface area contributed by atoms with Crippen LogP contribution in [0, 0.1) is 0 Å². The maximum atomic E-state index is 12.0. The second-order valence-electron chi connectivity index (χ2n) is 4.79. The number of hydrogen-bond acceptors (Lipinski definition) is 3. The molecule has 1 aliphatic carbocycles. The molecule has 1 aliphatic rings. The molecule has 1 fully saturated rings. The van der Waals surface area contributed by atoms with Crippen molar-refractivity contribution in [2.45, 2.75) is 49.2 Å². The van der Waals surface area contributed by atoms with Crippen LogP contribution in [0.1, 0.15) is 39.0 Å². The van der Waals surface area contributed by atoms with E-state index in [4.69, 9.17) is 0 Å². The Balaban J connectivity index is 1.82. The lowest BCUT2D eigenvalue weighted by molar-refractivity contribution is -0.120. The molecule has 0 unspecified atom stereocenters. The van der Waals surface area contributed by atoms with Crippen molar-refractivity contribution in [2.75, 3.05) is 0 Å². The third-order valence-electron chi connectivity index (χ3n) is 3.18. The summed E-state index contributed by atoms with van der Waals surface area (Å²) in [5.74, 6) is -0.0214. The molecule has 19 heavy (non-hydrogen) atoms. The summed E-state index contributed by atoms with van der Waals surface area (Å²) in [6.07, 6.45) is 5.74. The lowest BCUT2D eigenvalue weighted by Gasteiger charge is -2.13. The van der Waals surface area contributed by atoms with Gasteiger partial charge in [-0.15, -0.1) is 11.8 Å². The van der Waals surface area contributed by atoms with Crippen molar-refractivity contribution in [2.24, 2.45) is 5.10 Å². The number of nitrogens with zero attached hydrogens (tertiary/aromatic N) is 1. The maximum Gasteiger partial charge on any atom is 0.253 e. The SMILES string of the molecule is C[C@@H](Sc1ccccc1)C(=O)NN=C1CCCCC1. The van der Waals surface area contributed by atoms with E-state index in [1.165, 1.54) is 19.3 Å². The highest BCUT2D eigenvalue weighted by Crippen LogP contribution is 2.22. The number of hydrazone groups is 1. The van der Waals surface area contributed by atoms with Gasteiger partial charge in [0, 0.05) is 10.6 Å². The highest BCUT2D eigenvalue weighted by atomic mass is 32.2. The van der Waals surface area contributed by atoms with Gasteiger partial charge in [0.05, 0.1) is 5.25 Å². The summed E-state index contributed by atoms with van der Waals surface area (Å²) in [6, 6.07) is 9.97. The Kier molecular flexibility index (Phi) is 5.45. The summed E-state index contributed by atoms with van der Waals surface area (Å²) in [5.41, 5.74) is 3.84. The van der Waals surface area contributed by atoms with Crippen LogP contribution in [0.5, 0.6) is 0 Å². The van der Waals surface area contributed by atoms with E-state index in [9.17, 15) is 4.79 Å². The monoisotopic (exact) mass is 276 g/mol. The first kappa shape index (κ1) is 14.1. The molecule has 0 aliphatic heterocycles. The van der Waals surface area contributed by atoms with Gasteiger partial charge >= 0.3 is 0 Å². The molecular weight excluding hydrogens is 256 g/mol. The molecule has 0 spiro atoms. The Hall–Kier alpha value is -1.29. The zero-order valence-corrected chi connectivity index (χ0v) is 12.1. The van der Waals surface area contributed by atoms with Crippen molar-refractivity contribution in [3.05, 3.63) is 30.3 Å². The van der Waals surface area contributed by atoms with Gasteiger partial charge in [0.2, 0.25) is 0 Å². The van der Waals surface area contributed by atoms with Gasteiger partial charge in [-0.3, -0.25) is 4.79 Å². The van der Waals surface area contributed by atoms with E-state index in [0.717, 1.165) is 23.4 Å². The number of thioether (sulfide) groups is 1. The topological polar surface area (TPSA) is 41.5 Å². The van der Waals surface area contributed by atoms with E-state index in [1.54, 1.807) is 11.8 Å². The minimum atomic E-state index is -0.129. The van der Waals surface area contributed by atoms with Gasteiger partial charge in [-0.2, -0.15) is 5.10 Å². The fraction of sp³-hybridized carbons (Fsp3) is 0.467. The van der Waals surface area contributed by atoms with Crippen LogP contribution in [-0.2, 0) is 4.79 Å². The maximum absolute atomic E-state index is 12.0. The zero-order valence-electron chi connectivity index (χ0n) is 11.3. The minimum absolute atomic E-state index is 0.0214. The van der Waals surface area contributed by atoms with Crippen molar-refractivity contribution < 1.29 is 4.79 Å². The van der Waals surface area contributed by atoms with Gasteiger partial charge in [0.25, 0.3) is 5.91 Å². The van der Waals surface area contributed by atoms with Crippen LogP contribution >= 0.6 is 11.8 Å². The van der Waals surface area contributed by atoms with Crippen molar-refractivity contribution in [1.29, 1.82) is 0 Å². The second kappa shape index (κ2) is 7.34. The van der Waals surface area contributed by atoms with E-state index >= 15 is 0 Å². The molecule has 1 amide bonds. The molecule has 0 heterocycles. The van der Waals surface area contributed by atoms with Crippen molar-refractivity contribution >= 4 is 23.4 Å². The standard InChI is InChI=1S/C15H20N2OS/c1-12(19-14-10-6-3-7-11-14)15(18)17-16-13-8-4-2-5-9-13/h3,6-7,10-12H,2,4-5,8-9H2,1H3,(H,17,18)/t12-/m1/s1. The molecule has 0 aromatic heterocycles. The molecular formula is C15H20N2OS. The molecule has 1 N–H and O–H groups in total. The molecule has 102 valence electrons. The van der Waals surface area contributed by atoms with E-state index in [0.29, 0.717) is 0 Å². The van der Waals surface area contributed by atoms with Gasteiger partial charge in [0.15, 0.2) is 0 Å². The molecule has 3 nitrogen and oxygen atoms in total. The number of benzene rings is 1. The number of nitrogens with one attached hydrogen (secondary N) is 1. The van der Waals surface area contributed by atoms with E-state index in [2.05, 4.69) is 10.5 Å². The van der Waals surface area contributed by atoms with Crippen LogP contribution in [0.2, 0.25) is 0 Å². The summed E-state index contributed by atoms with van der Waals surface area (Å²) in [7, 11) is 0. The molecule has 4 heteroatoms.